The summed E-state index contributed by atoms with van der Waals surface area (Å²) in [5.74, 6) is 0.164. The number of aromatic nitrogens is 15. The lowest BCUT2D eigenvalue weighted by molar-refractivity contribution is 0.0698. The molecule has 88 heavy (non-hydrogen) atoms. The zero-order chi connectivity index (χ0) is 62.4. The minimum atomic E-state index is -1.10. The molecule has 12 heterocycles. The molecule has 34 heteroatoms. The molecule has 0 aliphatic heterocycles. The van der Waals surface area contributed by atoms with E-state index >= 15 is 0 Å². The van der Waals surface area contributed by atoms with Crippen molar-refractivity contribution in [2.45, 2.75) is 19.6 Å². The second-order valence-electron chi connectivity index (χ2n) is 17.4. The van der Waals surface area contributed by atoms with E-state index in [0.717, 1.165) is 34.0 Å². The average Bonchev–Trinajstić information content (AvgIpc) is 2.17. The fourth-order valence-corrected chi connectivity index (χ4v) is 10.3. The molecule has 12 aromatic rings. The Bertz CT molecular complexity index is 4690. The molecule has 12 rings (SSSR count). The third-order valence-electron chi connectivity index (χ3n) is 11.9. The summed E-state index contributed by atoms with van der Waals surface area (Å²) in [5, 5.41) is 18.9. The van der Waals surface area contributed by atoms with Gasteiger partial charge in [-0.25, -0.2) is 34.7 Å². The van der Waals surface area contributed by atoms with Gasteiger partial charge >= 0.3 is 5.97 Å². The van der Waals surface area contributed by atoms with Gasteiger partial charge in [0.05, 0.1) is 76.2 Å². The minimum Gasteiger partial charge on any atom is -0.490 e. The molecule has 0 bridgehead atoms. The number of carbonyl (C=O) groups excluding carboxylic acids is 2. The molecule has 0 atom stereocenters. The molecule has 0 aromatic carbocycles. The number of rotatable bonds is 14. The van der Waals surface area contributed by atoms with Crippen LogP contribution >= 0.6 is 34.0 Å². The SMILES string of the molecule is COc1cnc(CN)[nH]c1=O.COc1cnc(CNC(=O)c2csc3c(=O)[nH]c(-c4ccccn4)nc23)[nH]c1=O.COc1cnc(CNC(=O)c2csc3c(=O)[nH]c(-c4ccccn4)nc23)[nH]c1=O.O=C(O)c1csc2c(=O)[nH]c(-c3ccccn3)nc12. The predicted molar refractivity (Wildman–Crippen MR) is 322 cm³/mol. The summed E-state index contributed by atoms with van der Waals surface area (Å²) in [6.45, 7) is 0.205. The Morgan fingerprint density at radius 2 is 0.795 bits per heavy atom. The number of fused-ring (bicyclic) bond motifs is 3. The van der Waals surface area contributed by atoms with Gasteiger partial charge in [-0.05, 0) is 36.4 Å². The molecule has 0 saturated carbocycles. The molecule has 0 radical (unpaired) electrons. The summed E-state index contributed by atoms with van der Waals surface area (Å²) in [5.41, 5.74) is 5.77. The highest BCUT2D eigenvalue weighted by Crippen LogP contribution is 2.26. The number of carboxylic acid groups (broad SMARTS) is 1. The van der Waals surface area contributed by atoms with E-state index < -0.39 is 28.9 Å². The summed E-state index contributed by atoms with van der Waals surface area (Å²) in [6.07, 6.45) is 8.65. The Kier molecular flexibility index (Phi) is 19.3. The van der Waals surface area contributed by atoms with Crippen LogP contribution in [0.1, 0.15) is 48.5 Å². The molecule has 0 saturated heterocycles. The maximum absolute atomic E-state index is 12.6. The van der Waals surface area contributed by atoms with Crippen LogP contribution in [0.25, 0.3) is 65.2 Å². The molecule has 2 amide bonds. The molecule has 0 unspecified atom stereocenters. The summed E-state index contributed by atoms with van der Waals surface area (Å²) in [4.78, 5) is 160. The summed E-state index contributed by atoms with van der Waals surface area (Å²) in [7, 11) is 4.14. The van der Waals surface area contributed by atoms with Crippen molar-refractivity contribution < 1.29 is 33.7 Å². The van der Waals surface area contributed by atoms with E-state index in [0.29, 0.717) is 37.0 Å². The van der Waals surface area contributed by atoms with Gasteiger partial charge in [0.2, 0.25) is 17.2 Å². The second-order valence-corrected chi connectivity index (χ2v) is 20.1. The average molecular weight is 1250 g/mol. The van der Waals surface area contributed by atoms with Crippen LogP contribution in [0, 0.1) is 0 Å². The van der Waals surface area contributed by atoms with Gasteiger partial charge in [-0.1, -0.05) is 18.2 Å². The van der Waals surface area contributed by atoms with Crippen LogP contribution in [0.2, 0.25) is 0 Å². The first-order valence-electron chi connectivity index (χ1n) is 25.2. The third kappa shape index (κ3) is 14.1. The minimum absolute atomic E-state index is 0.00824. The van der Waals surface area contributed by atoms with Crippen molar-refractivity contribution in [2.75, 3.05) is 21.3 Å². The molecule has 0 spiro atoms. The highest BCUT2D eigenvalue weighted by molar-refractivity contribution is 7.18. The number of aromatic carboxylic acids is 1. The highest BCUT2D eigenvalue weighted by atomic mass is 32.1. The van der Waals surface area contributed by atoms with Crippen molar-refractivity contribution in [3.05, 3.63) is 204 Å². The summed E-state index contributed by atoms with van der Waals surface area (Å²) in [6, 6.07) is 15.7. The first kappa shape index (κ1) is 61.0. The Hall–Kier alpha value is -11.6. The van der Waals surface area contributed by atoms with Crippen molar-refractivity contribution in [1.82, 2.24) is 85.4 Å². The third-order valence-corrected chi connectivity index (χ3v) is 14.8. The van der Waals surface area contributed by atoms with Crippen LogP contribution in [0.3, 0.4) is 0 Å². The van der Waals surface area contributed by atoms with Crippen molar-refractivity contribution in [2.24, 2.45) is 5.73 Å². The molecule has 0 aliphatic rings. The normalized spacial score (nSPS) is 10.6. The van der Waals surface area contributed by atoms with Crippen LogP contribution < -0.4 is 63.9 Å². The molecule has 446 valence electrons. The zero-order valence-electron chi connectivity index (χ0n) is 45.7. The number of ether oxygens (including phenoxy) is 3. The maximum Gasteiger partial charge on any atom is 0.338 e. The van der Waals surface area contributed by atoms with Crippen molar-refractivity contribution in [1.29, 1.82) is 0 Å². The van der Waals surface area contributed by atoms with Crippen LogP contribution in [0.5, 0.6) is 17.2 Å². The van der Waals surface area contributed by atoms with Crippen molar-refractivity contribution in [3.8, 4) is 51.8 Å². The van der Waals surface area contributed by atoms with Crippen LogP contribution in [-0.4, -0.2) is 119 Å². The number of pyridine rings is 3. The molecular formula is C54H44N18O13S3. The molecule has 0 aliphatic carbocycles. The van der Waals surface area contributed by atoms with E-state index in [2.05, 4.69) is 85.4 Å². The van der Waals surface area contributed by atoms with E-state index in [1.165, 1.54) is 45.3 Å². The predicted octanol–water partition coefficient (Wildman–Crippen LogP) is 3.12. The van der Waals surface area contributed by atoms with Gasteiger partial charge in [0.15, 0.2) is 17.5 Å². The smallest absolute Gasteiger partial charge is 0.338 e. The van der Waals surface area contributed by atoms with Gasteiger partial charge in [-0.3, -0.25) is 53.3 Å². The van der Waals surface area contributed by atoms with Gasteiger partial charge < -0.3 is 65.6 Å². The number of carbonyl (C=O) groups is 3. The molecular weight excluding hydrogens is 1200 g/mol. The number of carboxylic acids is 1. The number of nitrogens with one attached hydrogen (secondary N) is 8. The van der Waals surface area contributed by atoms with Crippen molar-refractivity contribution in [3.63, 3.8) is 0 Å². The van der Waals surface area contributed by atoms with E-state index in [1.807, 2.05) is 0 Å². The second kappa shape index (κ2) is 27.8. The number of methoxy groups -OCH3 is 3. The lowest BCUT2D eigenvalue weighted by Crippen LogP contribution is -2.25. The van der Waals surface area contributed by atoms with Gasteiger partial charge in [-0.15, -0.1) is 34.0 Å². The summed E-state index contributed by atoms with van der Waals surface area (Å²) < 4.78 is 15.4. The lowest BCUT2D eigenvalue weighted by Gasteiger charge is -2.05. The maximum atomic E-state index is 12.6. The fourth-order valence-electron chi connectivity index (χ4n) is 7.63. The summed E-state index contributed by atoms with van der Waals surface area (Å²) >= 11 is 3.31. The monoisotopic (exact) mass is 1250 g/mol. The topological polar surface area (TPSA) is 462 Å². The fraction of sp³-hybridized carbons (Fsp3) is 0.111. The number of hydrogen-bond acceptors (Lipinski definition) is 25. The first-order chi connectivity index (χ1) is 42.6. The Morgan fingerprint density at radius 3 is 1.10 bits per heavy atom. The number of nitrogens with zero attached hydrogens (tertiary/aromatic N) is 9. The Balaban J connectivity index is 0.000000147. The number of aromatic amines is 6. The molecule has 11 N–H and O–H groups in total. The molecule has 0 fully saturated rings. The Morgan fingerprint density at radius 1 is 0.466 bits per heavy atom. The van der Waals surface area contributed by atoms with Gasteiger partial charge in [0.1, 0.15) is 65.2 Å². The zero-order valence-corrected chi connectivity index (χ0v) is 48.1. The number of hydrogen-bond donors (Lipinski definition) is 10. The van der Waals surface area contributed by atoms with Gasteiger partial charge in [0, 0.05) is 34.7 Å². The number of amides is 2. The van der Waals surface area contributed by atoms with E-state index in [1.54, 1.807) is 83.9 Å². The van der Waals surface area contributed by atoms with E-state index in [4.69, 9.17) is 25.1 Å². The lowest BCUT2D eigenvalue weighted by atomic mass is 10.2. The number of nitrogens with two attached hydrogens (primary N) is 1. The van der Waals surface area contributed by atoms with E-state index in [9.17, 15) is 43.2 Å². The van der Waals surface area contributed by atoms with Crippen LogP contribution in [0.4, 0.5) is 0 Å². The molecule has 31 nitrogen and oxygen atoms in total. The standard InChI is InChI=1S/2C18H14N6O4S.C12H7N3O3S.C6H9N3O2/c2*1-28-11-6-20-12(22-17(11)26)7-21-16(25)9-8-29-14-13(9)23-15(24-18(14)27)10-4-2-3-5-19-10;16-11-9-8(6(5-19-9)12(17)18)14-10(15-11)7-3-1-2-4-13-7;1-11-4-3-8-5(2-7)9-6(4)10/h2*2-6,8H,7H2,1H3,(H,21,25)(H,20,22,26)(H,23,24,27);1-5H,(H,17,18)(H,14,15,16);3H,2,7H2,1H3,(H,8,9,10). The highest BCUT2D eigenvalue weighted by Gasteiger charge is 2.21. The quantitative estimate of drug-likeness (QED) is 0.0747. The Labute approximate surface area is 501 Å². The van der Waals surface area contributed by atoms with E-state index in [-0.39, 0.29) is 121 Å². The van der Waals surface area contributed by atoms with Gasteiger partial charge in [-0.2, -0.15) is 0 Å². The molecule has 12 aromatic heterocycles. The van der Waals surface area contributed by atoms with Crippen LogP contribution in [-0.2, 0) is 19.6 Å². The van der Waals surface area contributed by atoms with Crippen LogP contribution in [0.15, 0.2) is 137 Å². The largest absolute Gasteiger partial charge is 0.490 e. The first-order valence-corrected chi connectivity index (χ1v) is 27.9. The van der Waals surface area contributed by atoms with Crippen molar-refractivity contribution >= 4 is 82.4 Å². The number of H-pyrrole nitrogens is 6. The van der Waals surface area contributed by atoms with Gasteiger partial charge in [0.25, 0.3) is 45.2 Å². The number of thiophene rings is 3.